The Hall–Kier alpha value is -1.63. The van der Waals surface area contributed by atoms with Gasteiger partial charge in [-0.15, -0.1) is 11.3 Å². The van der Waals surface area contributed by atoms with Crippen LogP contribution in [0.5, 0.6) is 0 Å². The molecule has 8 heteroatoms. The minimum absolute atomic E-state index is 0.00420. The largest absolute Gasteiger partial charge is 0.352 e. The van der Waals surface area contributed by atoms with E-state index in [-0.39, 0.29) is 5.91 Å². The van der Waals surface area contributed by atoms with Gasteiger partial charge in [-0.1, -0.05) is 23.2 Å². The highest BCUT2D eigenvalue weighted by atomic mass is 35.5. The second kappa shape index (κ2) is 7.51. The molecule has 126 valence electrons. The van der Waals surface area contributed by atoms with Crippen LogP contribution >= 0.6 is 34.5 Å². The van der Waals surface area contributed by atoms with E-state index in [1.807, 2.05) is 17.2 Å². The van der Waals surface area contributed by atoms with Crippen molar-refractivity contribution in [3.63, 3.8) is 0 Å². The van der Waals surface area contributed by atoms with E-state index >= 15 is 0 Å². The minimum atomic E-state index is -0.00420. The SMILES string of the molecule is Cc1nc(/C=C/C(=O)N2CCN(c3ncc(Cl)cc3Cl)CC2)cs1. The van der Waals surface area contributed by atoms with Gasteiger partial charge in [0.25, 0.3) is 0 Å². The predicted octanol–water partition coefficient (Wildman–Crippen LogP) is 3.52. The maximum absolute atomic E-state index is 12.3. The van der Waals surface area contributed by atoms with Crippen LogP contribution in [0, 0.1) is 6.92 Å². The van der Waals surface area contributed by atoms with E-state index in [4.69, 9.17) is 23.2 Å². The van der Waals surface area contributed by atoms with Gasteiger partial charge < -0.3 is 9.80 Å². The predicted molar refractivity (Wildman–Crippen MR) is 98.9 cm³/mol. The summed E-state index contributed by atoms with van der Waals surface area (Å²) in [5, 5.41) is 3.97. The third-order valence-electron chi connectivity index (χ3n) is 3.71. The number of carbonyl (C=O) groups is 1. The van der Waals surface area contributed by atoms with Crippen LogP contribution in [0.15, 0.2) is 23.7 Å². The van der Waals surface area contributed by atoms with E-state index in [2.05, 4.69) is 14.9 Å². The number of carbonyl (C=O) groups excluding carboxylic acids is 1. The van der Waals surface area contributed by atoms with Crippen molar-refractivity contribution in [2.24, 2.45) is 0 Å². The highest BCUT2D eigenvalue weighted by Crippen LogP contribution is 2.26. The molecule has 2 aromatic heterocycles. The van der Waals surface area contributed by atoms with Crippen LogP contribution in [0.1, 0.15) is 10.7 Å². The Morgan fingerprint density at radius 3 is 2.67 bits per heavy atom. The molecule has 0 aliphatic carbocycles. The summed E-state index contributed by atoms with van der Waals surface area (Å²) in [4.78, 5) is 24.8. The van der Waals surface area contributed by atoms with Crippen LogP contribution in [0.4, 0.5) is 5.82 Å². The first-order valence-electron chi connectivity index (χ1n) is 7.48. The smallest absolute Gasteiger partial charge is 0.246 e. The zero-order valence-electron chi connectivity index (χ0n) is 13.1. The summed E-state index contributed by atoms with van der Waals surface area (Å²) >= 11 is 13.6. The van der Waals surface area contributed by atoms with Crippen molar-refractivity contribution in [1.82, 2.24) is 14.9 Å². The molecule has 1 aliphatic rings. The number of piperazine rings is 1. The Morgan fingerprint density at radius 1 is 1.29 bits per heavy atom. The van der Waals surface area contributed by atoms with Gasteiger partial charge in [-0.25, -0.2) is 9.97 Å². The number of pyridine rings is 1. The van der Waals surface area contributed by atoms with E-state index in [1.54, 1.807) is 35.8 Å². The zero-order valence-corrected chi connectivity index (χ0v) is 15.4. The van der Waals surface area contributed by atoms with Crippen LogP contribution in [0.2, 0.25) is 10.0 Å². The van der Waals surface area contributed by atoms with Crippen molar-refractivity contribution in [2.75, 3.05) is 31.1 Å². The van der Waals surface area contributed by atoms with Gasteiger partial charge in [-0.05, 0) is 19.1 Å². The molecule has 0 aromatic carbocycles. The fourth-order valence-corrected chi connectivity index (χ4v) is 3.58. The number of halogens is 2. The fraction of sp³-hybridized carbons (Fsp3) is 0.312. The third kappa shape index (κ3) is 4.06. The molecular formula is C16H16Cl2N4OS. The molecule has 0 spiro atoms. The van der Waals surface area contributed by atoms with Gasteiger partial charge in [0, 0.05) is 43.8 Å². The highest BCUT2D eigenvalue weighted by Gasteiger charge is 2.22. The number of thiazole rings is 1. The topological polar surface area (TPSA) is 49.3 Å². The highest BCUT2D eigenvalue weighted by molar-refractivity contribution is 7.09. The quantitative estimate of drug-likeness (QED) is 0.762. The molecule has 0 unspecified atom stereocenters. The van der Waals surface area contributed by atoms with E-state index < -0.39 is 0 Å². The molecule has 3 heterocycles. The molecule has 0 bridgehead atoms. The van der Waals surface area contributed by atoms with Crippen molar-refractivity contribution in [3.05, 3.63) is 44.5 Å². The maximum atomic E-state index is 12.3. The molecule has 3 rings (SSSR count). The lowest BCUT2D eigenvalue weighted by atomic mass is 10.3. The number of aromatic nitrogens is 2. The average molecular weight is 383 g/mol. The van der Waals surface area contributed by atoms with Crippen LogP contribution < -0.4 is 4.90 Å². The first-order chi connectivity index (χ1) is 11.5. The Balaban J connectivity index is 1.58. The minimum Gasteiger partial charge on any atom is -0.352 e. The average Bonchev–Trinajstić information content (AvgIpc) is 2.98. The molecule has 0 atom stereocenters. The summed E-state index contributed by atoms with van der Waals surface area (Å²) in [6, 6.07) is 1.68. The third-order valence-corrected chi connectivity index (χ3v) is 4.99. The monoisotopic (exact) mass is 382 g/mol. The van der Waals surface area contributed by atoms with Crippen LogP contribution in [-0.4, -0.2) is 47.0 Å². The first-order valence-corrected chi connectivity index (χ1v) is 9.11. The van der Waals surface area contributed by atoms with Gasteiger partial charge >= 0.3 is 0 Å². The molecule has 0 saturated carbocycles. The Labute approximate surface area is 154 Å². The summed E-state index contributed by atoms with van der Waals surface area (Å²) in [6.45, 7) is 4.56. The molecule has 0 N–H and O–H groups in total. The summed E-state index contributed by atoms with van der Waals surface area (Å²) in [7, 11) is 0. The first kappa shape index (κ1) is 17.2. The second-order valence-corrected chi connectivity index (χ2v) is 7.30. The van der Waals surface area contributed by atoms with Gasteiger partial charge in [0.2, 0.25) is 5.91 Å². The van der Waals surface area contributed by atoms with Crippen LogP contribution in [-0.2, 0) is 4.79 Å². The Morgan fingerprint density at radius 2 is 2.04 bits per heavy atom. The van der Waals surface area contributed by atoms with E-state index in [0.29, 0.717) is 42.0 Å². The lowest BCUT2D eigenvalue weighted by Gasteiger charge is -2.35. The van der Waals surface area contributed by atoms with E-state index in [9.17, 15) is 4.79 Å². The molecule has 5 nitrogen and oxygen atoms in total. The summed E-state index contributed by atoms with van der Waals surface area (Å²) in [5.41, 5.74) is 0.821. The van der Waals surface area contributed by atoms with Gasteiger partial charge in [-0.3, -0.25) is 4.79 Å². The number of amides is 1. The molecule has 1 aliphatic heterocycles. The number of aryl methyl sites for hydroxylation is 1. The van der Waals surface area contributed by atoms with Gasteiger partial charge in [0.1, 0.15) is 5.82 Å². The van der Waals surface area contributed by atoms with Crippen molar-refractivity contribution in [1.29, 1.82) is 0 Å². The van der Waals surface area contributed by atoms with Gasteiger partial charge in [0.15, 0.2) is 0 Å². The fourth-order valence-electron chi connectivity index (χ4n) is 2.50. The summed E-state index contributed by atoms with van der Waals surface area (Å²) in [6.07, 6.45) is 4.92. The molecule has 0 radical (unpaired) electrons. The Kier molecular flexibility index (Phi) is 5.38. The molecule has 1 saturated heterocycles. The number of hydrogen-bond acceptors (Lipinski definition) is 5. The molecule has 2 aromatic rings. The molecule has 1 fully saturated rings. The standard InChI is InChI=1S/C16H16Cl2N4OS/c1-11-20-13(10-24-11)2-3-15(23)21-4-6-22(7-5-21)16-14(18)8-12(17)9-19-16/h2-3,8-10H,4-7H2,1H3/b3-2+. The Bertz CT molecular complexity index is 769. The number of nitrogens with zero attached hydrogens (tertiary/aromatic N) is 4. The summed E-state index contributed by atoms with van der Waals surface area (Å²) in [5.74, 6) is 0.706. The van der Waals surface area contributed by atoms with Gasteiger partial charge in [-0.2, -0.15) is 0 Å². The number of hydrogen-bond donors (Lipinski definition) is 0. The van der Waals surface area contributed by atoms with Crippen molar-refractivity contribution < 1.29 is 4.79 Å². The van der Waals surface area contributed by atoms with Crippen molar-refractivity contribution in [3.8, 4) is 0 Å². The number of anilines is 1. The summed E-state index contributed by atoms with van der Waals surface area (Å²) < 4.78 is 0. The van der Waals surface area contributed by atoms with E-state index in [0.717, 1.165) is 10.7 Å². The van der Waals surface area contributed by atoms with E-state index in [1.165, 1.54) is 0 Å². The molecule has 1 amide bonds. The maximum Gasteiger partial charge on any atom is 0.246 e. The van der Waals surface area contributed by atoms with Crippen LogP contribution in [0.3, 0.4) is 0 Å². The lowest BCUT2D eigenvalue weighted by Crippen LogP contribution is -2.48. The molecular weight excluding hydrogens is 367 g/mol. The molecule has 24 heavy (non-hydrogen) atoms. The normalized spacial score (nSPS) is 15.3. The zero-order chi connectivity index (χ0) is 17.1. The lowest BCUT2D eigenvalue weighted by molar-refractivity contribution is -0.126. The van der Waals surface area contributed by atoms with Crippen molar-refractivity contribution >= 4 is 52.3 Å². The van der Waals surface area contributed by atoms with Crippen LogP contribution in [0.25, 0.3) is 6.08 Å². The van der Waals surface area contributed by atoms with Crippen molar-refractivity contribution in [2.45, 2.75) is 6.92 Å². The number of rotatable bonds is 3. The second-order valence-electron chi connectivity index (χ2n) is 5.40. The van der Waals surface area contributed by atoms with Gasteiger partial charge in [0.05, 0.1) is 20.7 Å².